The average molecular weight is 569 g/mol. The third-order valence-electron chi connectivity index (χ3n) is 9.32. The van der Waals surface area contributed by atoms with Crippen molar-refractivity contribution >= 4 is 62.0 Å². The number of para-hydroxylation sites is 2. The second kappa shape index (κ2) is 10.6. The van der Waals surface area contributed by atoms with Gasteiger partial charge in [-0.1, -0.05) is 106 Å². The van der Waals surface area contributed by atoms with Gasteiger partial charge in [-0.05, 0) is 89.1 Å². The molecule has 44 heavy (non-hydrogen) atoms. The summed E-state index contributed by atoms with van der Waals surface area (Å²) in [5, 5.41) is 5.25. The van der Waals surface area contributed by atoms with Gasteiger partial charge in [-0.15, -0.1) is 0 Å². The lowest BCUT2D eigenvalue weighted by Crippen LogP contribution is -1.97. The van der Waals surface area contributed by atoms with Gasteiger partial charge < -0.3 is 9.13 Å². The number of nitrogens with zero attached hydrogens (tertiary/aromatic N) is 2. The molecular weight excluding hydrogens is 532 g/mol. The second-order valence-corrected chi connectivity index (χ2v) is 12.2. The van der Waals surface area contributed by atoms with E-state index in [9.17, 15) is 0 Å². The third-order valence-corrected chi connectivity index (χ3v) is 9.32. The molecule has 2 heteroatoms. The summed E-state index contributed by atoms with van der Waals surface area (Å²) in [6, 6.07) is 35.9. The molecule has 0 amide bonds. The van der Waals surface area contributed by atoms with Gasteiger partial charge in [-0.25, -0.2) is 0 Å². The average Bonchev–Trinajstić information content (AvgIpc) is 3.43. The van der Waals surface area contributed by atoms with E-state index in [0.717, 1.165) is 12.8 Å². The van der Waals surface area contributed by atoms with Crippen LogP contribution in [0.4, 0.5) is 0 Å². The summed E-state index contributed by atoms with van der Waals surface area (Å²) >= 11 is 0. The van der Waals surface area contributed by atoms with Crippen molar-refractivity contribution in [2.45, 2.75) is 39.5 Å². The molecule has 0 aliphatic heterocycles. The smallest absolute Gasteiger partial charge is 0.0641 e. The van der Waals surface area contributed by atoms with E-state index in [1.54, 1.807) is 0 Å². The molecule has 0 fully saturated rings. The largest absolute Gasteiger partial charge is 0.316 e. The molecule has 0 atom stereocenters. The second-order valence-electron chi connectivity index (χ2n) is 12.2. The molecule has 2 heterocycles. The van der Waals surface area contributed by atoms with Gasteiger partial charge in [0.2, 0.25) is 0 Å². The molecule has 0 saturated heterocycles. The summed E-state index contributed by atoms with van der Waals surface area (Å²) in [4.78, 5) is 0. The highest BCUT2D eigenvalue weighted by atomic mass is 15.0. The standard InChI is InChI=1S/C42H36N2/c1-4-29-15-11-12-16-30(29)23-24-43-39-26-32-18-8-5-7-17-31(32)25-37(39)40-41(43)35(28(2)3)27-36-34-21-13-14-22-38(34)44(42(36)40)33-19-9-6-10-20-33/h5-16,18-28H,4,17H2,1-3H3/b24-23+. The van der Waals surface area contributed by atoms with Crippen molar-refractivity contribution in [3.8, 4) is 5.69 Å². The Morgan fingerprint density at radius 1 is 0.750 bits per heavy atom. The van der Waals surface area contributed by atoms with E-state index in [1.807, 2.05) is 0 Å². The number of rotatable bonds is 5. The first kappa shape index (κ1) is 26.5. The van der Waals surface area contributed by atoms with E-state index in [0.29, 0.717) is 5.92 Å². The van der Waals surface area contributed by atoms with Gasteiger partial charge in [-0.3, -0.25) is 0 Å². The maximum atomic E-state index is 2.49. The van der Waals surface area contributed by atoms with Gasteiger partial charge in [0, 0.05) is 33.4 Å². The molecule has 0 spiro atoms. The van der Waals surface area contributed by atoms with E-state index in [-0.39, 0.29) is 0 Å². The van der Waals surface area contributed by atoms with Crippen LogP contribution in [-0.4, -0.2) is 9.13 Å². The molecule has 5 aromatic carbocycles. The van der Waals surface area contributed by atoms with Gasteiger partial charge in [0.25, 0.3) is 0 Å². The zero-order valence-electron chi connectivity index (χ0n) is 25.6. The van der Waals surface area contributed by atoms with Crippen molar-refractivity contribution in [3.63, 3.8) is 0 Å². The molecule has 1 aliphatic carbocycles. The number of fused-ring (bicyclic) bond motifs is 8. The first-order valence-electron chi connectivity index (χ1n) is 15.9. The lowest BCUT2D eigenvalue weighted by molar-refractivity contribution is 0.873. The fraction of sp³-hybridized carbons (Fsp3) is 0.143. The Kier molecular flexibility index (Phi) is 6.38. The SMILES string of the molecule is CCc1ccccc1/C=C/n1c2cc3c(cc2c2c1c(C(C)C)cc1c4ccccc4n(-c4ccccc4)c12)CC=CC=C3. The van der Waals surface area contributed by atoms with Crippen LogP contribution >= 0.6 is 0 Å². The summed E-state index contributed by atoms with van der Waals surface area (Å²) in [5.41, 5.74) is 12.9. The fourth-order valence-corrected chi connectivity index (χ4v) is 7.20. The summed E-state index contributed by atoms with van der Waals surface area (Å²) < 4.78 is 4.97. The highest BCUT2D eigenvalue weighted by Gasteiger charge is 2.24. The van der Waals surface area contributed by atoms with Crippen molar-refractivity contribution in [1.82, 2.24) is 9.13 Å². The molecule has 0 radical (unpaired) electrons. The molecule has 0 N–H and O–H groups in total. The Morgan fingerprint density at radius 3 is 2.39 bits per heavy atom. The Morgan fingerprint density at radius 2 is 1.55 bits per heavy atom. The van der Waals surface area contributed by atoms with Gasteiger partial charge in [0.05, 0.1) is 22.1 Å². The summed E-state index contributed by atoms with van der Waals surface area (Å²) in [7, 11) is 0. The minimum absolute atomic E-state index is 0.348. The first-order valence-corrected chi connectivity index (χ1v) is 15.9. The lowest BCUT2D eigenvalue weighted by atomic mass is 9.95. The topological polar surface area (TPSA) is 9.86 Å². The molecule has 2 nitrogen and oxygen atoms in total. The minimum atomic E-state index is 0.348. The van der Waals surface area contributed by atoms with Crippen LogP contribution in [0.3, 0.4) is 0 Å². The Balaban J connectivity index is 1.60. The molecule has 0 saturated carbocycles. The van der Waals surface area contributed by atoms with E-state index in [1.165, 1.54) is 77.1 Å². The van der Waals surface area contributed by atoms with Gasteiger partial charge in [0.1, 0.15) is 0 Å². The Hall–Kier alpha value is -5.08. The summed E-state index contributed by atoms with van der Waals surface area (Å²) in [6.45, 7) is 6.90. The quantitative estimate of drug-likeness (QED) is 0.195. The maximum Gasteiger partial charge on any atom is 0.0641 e. The number of aromatic nitrogens is 2. The molecule has 214 valence electrons. The molecule has 1 aliphatic rings. The number of aryl methyl sites for hydroxylation is 1. The van der Waals surface area contributed by atoms with Crippen LogP contribution in [0, 0.1) is 0 Å². The lowest BCUT2D eigenvalue weighted by Gasteiger charge is -2.14. The van der Waals surface area contributed by atoms with E-state index in [2.05, 4.69) is 164 Å². The first-order chi connectivity index (χ1) is 21.6. The number of hydrogen-bond acceptors (Lipinski definition) is 0. The van der Waals surface area contributed by atoms with Gasteiger partial charge >= 0.3 is 0 Å². The molecule has 7 aromatic rings. The number of hydrogen-bond donors (Lipinski definition) is 0. The highest BCUT2D eigenvalue weighted by molar-refractivity contribution is 6.27. The van der Waals surface area contributed by atoms with Gasteiger partial charge in [-0.2, -0.15) is 0 Å². The summed E-state index contributed by atoms with van der Waals surface area (Å²) in [6.07, 6.45) is 15.4. The molecular formula is C42H36N2. The van der Waals surface area contributed by atoms with Crippen molar-refractivity contribution < 1.29 is 0 Å². The Labute approximate surface area is 258 Å². The zero-order valence-corrected chi connectivity index (χ0v) is 25.6. The van der Waals surface area contributed by atoms with Crippen LogP contribution < -0.4 is 0 Å². The maximum absolute atomic E-state index is 2.49. The van der Waals surface area contributed by atoms with Crippen LogP contribution in [-0.2, 0) is 12.8 Å². The van der Waals surface area contributed by atoms with E-state index in [4.69, 9.17) is 0 Å². The van der Waals surface area contributed by atoms with Crippen LogP contribution in [0.15, 0.2) is 115 Å². The number of allylic oxidation sites excluding steroid dienone is 3. The van der Waals surface area contributed by atoms with E-state index < -0.39 is 0 Å². The van der Waals surface area contributed by atoms with Crippen molar-refractivity contribution in [1.29, 1.82) is 0 Å². The third kappa shape index (κ3) is 4.09. The number of benzene rings is 5. The van der Waals surface area contributed by atoms with Crippen LogP contribution in [0.1, 0.15) is 54.5 Å². The van der Waals surface area contributed by atoms with Crippen LogP contribution in [0.2, 0.25) is 0 Å². The van der Waals surface area contributed by atoms with Gasteiger partial charge in [0.15, 0.2) is 0 Å². The molecule has 8 rings (SSSR count). The fourth-order valence-electron chi connectivity index (χ4n) is 7.20. The Bertz CT molecular complexity index is 2300. The van der Waals surface area contributed by atoms with Crippen LogP contribution in [0.5, 0.6) is 0 Å². The van der Waals surface area contributed by atoms with Crippen molar-refractivity contribution in [2.24, 2.45) is 0 Å². The molecule has 0 bridgehead atoms. The molecule has 0 unspecified atom stereocenters. The van der Waals surface area contributed by atoms with Crippen molar-refractivity contribution in [2.75, 3.05) is 0 Å². The highest BCUT2D eigenvalue weighted by Crippen LogP contribution is 2.45. The zero-order chi connectivity index (χ0) is 29.8. The normalized spacial score (nSPS) is 13.3. The van der Waals surface area contributed by atoms with Crippen molar-refractivity contribution in [3.05, 3.63) is 143 Å². The van der Waals surface area contributed by atoms with E-state index >= 15 is 0 Å². The molecule has 2 aromatic heterocycles. The monoisotopic (exact) mass is 568 g/mol. The minimum Gasteiger partial charge on any atom is -0.316 e. The van der Waals surface area contributed by atoms with Crippen LogP contribution in [0.25, 0.3) is 67.7 Å². The predicted octanol–water partition coefficient (Wildman–Crippen LogP) is 11.3. The summed E-state index contributed by atoms with van der Waals surface area (Å²) in [5.74, 6) is 0.348. The predicted molar refractivity (Wildman–Crippen MR) is 191 cm³/mol.